The van der Waals surface area contributed by atoms with Gasteiger partial charge >= 0.3 is 16.4 Å². The van der Waals surface area contributed by atoms with Gasteiger partial charge < -0.3 is 35.2 Å². The van der Waals surface area contributed by atoms with Crippen molar-refractivity contribution in [2.45, 2.75) is 54.7 Å². The molecule has 204 valence electrons. The number of thioether (sulfide) groups is 1. The standard InChI is InChI=1S/C21H26N2O12S2/c1-2-10(33-16(25)8-12-11-5-3-4-6-13(11)22-20(12)29)7-15(23-35-37(30,31)32)36-21-19(28)18(27)17(26)14(9-24)34-21/h2-6,10,12,14,17-19,21,24,26-28H,1,7-9H2,(H,22,29)(H,30,31,32)/b23-15+/t10-,12-,14-,17-,18+,19-,21+/m1/s1. The number of hydrogen-bond acceptors (Lipinski definition) is 13. The first kappa shape index (κ1) is 29.0. The lowest BCUT2D eigenvalue weighted by Gasteiger charge is -2.39. The summed E-state index contributed by atoms with van der Waals surface area (Å²) >= 11 is 0.526. The summed E-state index contributed by atoms with van der Waals surface area (Å²) in [6.45, 7) is 2.84. The number of para-hydroxylation sites is 1. The minimum absolute atomic E-state index is 0.288. The molecule has 0 unspecified atom stereocenters. The van der Waals surface area contributed by atoms with E-state index in [0.29, 0.717) is 23.0 Å². The lowest BCUT2D eigenvalue weighted by molar-refractivity contribution is -0.205. The van der Waals surface area contributed by atoms with E-state index < -0.39 is 64.8 Å². The van der Waals surface area contributed by atoms with Gasteiger partial charge in [-0.15, -0.1) is 0 Å². The molecule has 1 fully saturated rings. The predicted molar refractivity (Wildman–Crippen MR) is 129 cm³/mol. The highest BCUT2D eigenvalue weighted by Gasteiger charge is 2.44. The summed E-state index contributed by atoms with van der Waals surface area (Å²) in [7, 11) is -5.04. The number of aliphatic hydroxyl groups excluding tert-OH is 4. The van der Waals surface area contributed by atoms with Crippen LogP contribution in [0.3, 0.4) is 0 Å². The zero-order valence-electron chi connectivity index (χ0n) is 19.1. The highest BCUT2D eigenvalue weighted by molar-refractivity contribution is 8.14. The Morgan fingerprint density at radius 3 is 2.59 bits per heavy atom. The summed E-state index contributed by atoms with van der Waals surface area (Å²) in [6, 6.07) is 6.85. The van der Waals surface area contributed by atoms with Crippen molar-refractivity contribution in [3.05, 3.63) is 42.5 Å². The number of ether oxygens (including phenoxy) is 2. The average molecular weight is 563 g/mol. The minimum atomic E-state index is -5.04. The molecule has 1 amide bonds. The molecule has 0 saturated carbocycles. The number of benzene rings is 1. The molecule has 0 radical (unpaired) electrons. The highest BCUT2D eigenvalue weighted by Crippen LogP contribution is 2.35. The monoisotopic (exact) mass is 562 g/mol. The molecular formula is C21H26N2O12S2. The van der Waals surface area contributed by atoms with Crippen molar-refractivity contribution < 1.29 is 56.7 Å². The molecule has 0 bridgehead atoms. The quantitative estimate of drug-likeness (QED) is 0.0517. The van der Waals surface area contributed by atoms with E-state index in [2.05, 4.69) is 21.3 Å². The molecule has 3 rings (SSSR count). The number of rotatable bonds is 10. The number of nitrogens with zero attached hydrogens (tertiary/aromatic N) is 1. The van der Waals surface area contributed by atoms with Gasteiger partial charge in [-0.25, -0.2) is 4.28 Å². The van der Waals surface area contributed by atoms with Gasteiger partial charge in [0, 0.05) is 12.1 Å². The molecule has 37 heavy (non-hydrogen) atoms. The van der Waals surface area contributed by atoms with Crippen LogP contribution >= 0.6 is 11.8 Å². The number of amides is 1. The molecule has 16 heteroatoms. The number of esters is 1. The van der Waals surface area contributed by atoms with E-state index in [0.717, 1.165) is 0 Å². The van der Waals surface area contributed by atoms with Gasteiger partial charge in [0.2, 0.25) is 5.91 Å². The summed E-state index contributed by atoms with van der Waals surface area (Å²) < 4.78 is 45.7. The van der Waals surface area contributed by atoms with Gasteiger partial charge in [-0.2, -0.15) is 8.42 Å². The Bertz CT molecular complexity index is 1140. The third-order valence-corrected chi connectivity index (χ3v) is 6.94. The number of carbonyl (C=O) groups is 2. The van der Waals surface area contributed by atoms with Gasteiger partial charge in [0.25, 0.3) is 0 Å². The highest BCUT2D eigenvalue weighted by atomic mass is 32.3. The van der Waals surface area contributed by atoms with Crippen LogP contribution in [0.2, 0.25) is 0 Å². The third kappa shape index (κ3) is 7.48. The Kier molecular flexibility index (Phi) is 9.65. The number of carbonyl (C=O) groups excluding carboxylic acids is 2. The van der Waals surface area contributed by atoms with Gasteiger partial charge in [0.05, 0.1) is 18.9 Å². The first-order valence-electron chi connectivity index (χ1n) is 10.9. The summed E-state index contributed by atoms with van der Waals surface area (Å²) in [5.74, 6) is -1.95. The second kappa shape index (κ2) is 12.3. The molecule has 0 aliphatic carbocycles. The van der Waals surface area contributed by atoms with E-state index in [-0.39, 0.29) is 23.8 Å². The second-order valence-corrected chi connectivity index (χ2v) is 10.3. The Labute approximate surface area is 215 Å². The van der Waals surface area contributed by atoms with Crippen LogP contribution in [0.1, 0.15) is 24.3 Å². The molecule has 2 aliphatic rings. The van der Waals surface area contributed by atoms with Crippen molar-refractivity contribution in [3.63, 3.8) is 0 Å². The van der Waals surface area contributed by atoms with E-state index in [1.54, 1.807) is 24.3 Å². The Balaban J connectivity index is 1.71. The molecule has 2 heterocycles. The van der Waals surface area contributed by atoms with Gasteiger partial charge in [0.15, 0.2) is 0 Å². The maximum absolute atomic E-state index is 12.6. The average Bonchev–Trinajstić information content (AvgIpc) is 3.16. The van der Waals surface area contributed by atoms with Crippen LogP contribution < -0.4 is 5.32 Å². The first-order valence-corrected chi connectivity index (χ1v) is 13.1. The number of hydrogen-bond donors (Lipinski definition) is 6. The molecule has 14 nitrogen and oxygen atoms in total. The van der Waals surface area contributed by atoms with Crippen molar-refractivity contribution in [1.82, 2.24) is 0 Å². The number of nitrogens with one attached hydrogen (secondary N) is 1. The van der Waals surface area contributed by atoms with Crippen molar-refractivity contribution in [2.75, 3.05) is 11.9 Å². The fourth-order valence-electron chi connectivity index (χ4n) is 3.70. The van der Waals surface area contributed by atoms with Crippen LogP contribution in [-0.4, -0.2) is 92.9 Å². The zero-order valence-corrected chi connectivity index (χ0v) is 20.7. The van der Waals surface area contributed by atoms with Crippen molar-refractivity contribution in [2.24, 2.45) is 5.16 Å². The lowest BCUT2D eigenvalue weighted by Crippen LogP contribution is -2.57. The summed E-state index contributed by atoms with van der Waals surface area (Å²) in [5, 5.41) is 45.2. The topological polar surface area (TPSA) is 222 Å². The fraction of sp³-hybridized carbons (Fsp3) is 0.476. The number of anilines is 1. The Hall–Kier alpha value is -2.57. The second-order valence-electron chi connectivity index (χ2n) is 8.10. The Morgan fingerprint density at radius 1 is 1.24 bits per heavy atom. The first-order chi connectivity index (χ1) is 17.4. The van der Waals surface area contributed by atoms with E-state index in [1.165, 1.54) is 6.08 Å². The van der Waals surface area contributed by atoms with Gasteiger partial charge in [-0.05, 0) is 11.6 Å². The Morgan fingerprint density at radius 2 is 1.95 bits per heavy atom. The van der Waals surface area contributed by atoms with Crippen LogP contribution in [0.5, 0.6) is 0 Å². The maximum Gasteiger partial charge on any atom is 0.466 e. The molecule has 1 aromatic rings. The van der Waals surface area contributed by atoms with Crippen LogP contribution in [0.25, 0.3) is 0 Å². The lowest BCUT2D eigenvalue weighted by atomic mass is 9.97. The predicted octanol–water partition coefficient (Wildman–Crippen LogP) is -0.734. The molecule has 0 spiro atoms. The molecule has 7 atom stereocenters. The molecule has 0 aromatic heterocycles. The van der Waals surface area contributed by atoms with E-state index in [4.69, 9.17) is 14.0 Å². The van der Waals surface area contributed by atoms with Crippen LogP contribution in [0.15, 0.2) is 42.1 Å². The van der Waals surface area contributed by atoms with Crippen molar-refractivity contribution in [3.8, 4) is 0 Å². The fourth-order valence-corrected chi connectivity index (χ4v) is 5.04. The van der Waals surface area contributed by atoms with E-state index in [1.807, 2.05) is 0 Å². The smallest absolute Gasteiger partial charge is 0.458 e. The van der Waals surface area contributed by atoms with Crippen LogP contribution in [-0.2, 0) is 33.7 Å². The van der Waals surface area contributed by atoms with Gasteiger partial charge in [0.1, 0.15) is 41.0 Å². The largest absolute Gasteiger partial charge is 0.466 e. The minimum Gasteiger partial charge on any atom is -0.458 e. The van der Waals surface area contributed by atoms with E-state index in [9.17, 15) is 38.4 Å². The van der Waals surface area contributed by atoms with Crippen LogP contribution in [0.4, 0.5) is 5.69 Å². The van der Waals surface area contributed by atoms with Gasteiger partial charge in [-0.3, -0.25) is 14.1 Å². The normalized spacial score (nSPS) is 28.7. The molecule has 2 aliphatic heterocycles. The maximum atomic E-state index is 12.6. The SMILES string of the molecule is C=C[C@H](C/C(=N\OS(=O)(=O)O)S[C@@H]1O[C@H](CO)[C@@H](O)[C@H](O)[C@H]1O)OC(=O)C[C@H]1C(=O)Nc2ccccc21. The molecule has 1 aromatic carbocycles. The summed E-state index contributed by atoms with van der Waals surface area (Å²) in [5.41, 5.74) is -0.168. The molecular weight excluding hydrogens is 536 g/mol. The molecule has 6 N–H and O–H groups in total. The van der Waals surface area contributed by atoms with Crippen LogP contribution in [0, 0.1) is 0 Å². The van der Waals surface area contributed by atoms with Gasteiger partial charge in [-0.1, -0.05) is 47.8 Å². The number of aliphatic hydroxyl groups is 4. The third-order valence-electron chi connectivity index (χ3n) is 5.54. The summed E-state index contributed by atoms with van der Waals surface area (Å²) in [4.78, 5) is 24.9. The zero-order chi connectivity index (χ0) is 27.3. The van der Waals surface area contributed by atoms with Crippen molar-refractivity contribution in [1.29, 1.82) is 0 Å². The molecule has 1 saturated heterocycles. The van der Waals surface area contributed by atoms with Crippen molar-refractivity contribution >= 4 is 44.8 Å². The summed E-state index contributed by atoms with van der Waals surface area (Å²) in [6.07, 6.45) is -6.94. The number of oxime groups is 1. The van der Waals surface area contributed by atoms with E-state index >= 15 is 0 Å². The number of fused-ring (bicyclic) bond motifs is 1.